The van der Waals surface area contributed by atoms with Crippen LogP contribution in [0.5, 0.6) is 0 Å². The first-order valence-corrected chi connectivity index (χ1v) is 16.4. The van der Waals surface area contributed by atoms with Crippen LogP contribution in [0.15, 0.2) is 72.8 Å². The number of nitrogens with one attached hydrogen (secondary N) is 1. The van der Waals surface area contributed by atoms with Crippen molar-refractivity contribution in [3.63, 3.8) is 0 Å². The highest BCUT2D eigenvalue weighted by atomic mass is 35.5. The van der Waals surface area contributed by atoms with Gasteiger partial charge in [0, 0.05) is 19.0 Å². The molecule has 0 aliphatic heterocycles. The van der Waals surface area contributed by atoms with Crippen molar-refractivity contribution in [1.29, 1.82) is 0 Å². The molecule has 1 fully saturated rings. The van der Waals surface area contributed by atoms with Gasteiger partial charge in [0.1, 0.15) is 18.4 Å². The highest BCUT2D eigenvalue weighted by Gasteiger charge is 2.34. The molecule has 3 aromatic carbocycles. The Hall–Kier alpha value is -3.14. The Morgan fingerprint density at radius 2 is 1.60 bits per heavy atom. The molecular formula is C31H34Cl2FN3O4S. The molecule has 4 rings (SSSR count). The average molecular weight is 635 g/mol. The predicted octanol–water partition coefficient (Wildman–Crippen LogP) is 5.99. The van der Waals surface area contributed by atoms with Crippen LogP contribution in [0.1, 0.15) is 43.2 Å². The third-order valence-electron chi connectivity index (χ3n) is 7.37. The maximum Gasteiger partial charge on any atom is 0.244 e. The normalized spacial score (nSPS) is 14.7. The number of nitrogens with zero attached hydrogens (tertiary/aromatic N) is 2. The molecule has 0 saturated heterocycles. The van der Waals surface area contributed by atoms with Crippen LogP contribution in [-0.4, -0.2) is 50.0 Å². The molecule has 0 unspecified atom stereocenters. The molecule has 1 aliphatic rings. The molecule has 0 aromatic heterocycles. The minimum Gasteiger partial charge on any atom is -0.352 e. The summed E-state index contributed by atoms with van der Waals surface area (Å²) in [5.41, 5.74) is 1.46. The zero-order chi connectivity index (χ0) is 30.3. The van der Waals surface area contributed by atoms with Gasteiger partial charge in [0.15, 0.2) is 0 Å². The molecule has 1 atom stereocenters. The molecule has 224 valence electrons. The number of amides is 2. The highest BCUT2D eigenvalue weighted by molar-refractivity contribution is 7.92. The van der Waals surface area contributed by atoms with Crippen LogP contribution >= 0.6 is 23.2 Å². The molecule has 1 aliphatic carbocycles. The molecule has 1 saturated carbocycles. The number of rotatable bonds is 11. The summed E-state index contributed by atoms with van der Waals surface area (Å²) < 4.78 is 40.5. The van der Waals surface area contributed by atoms with E-state index in [0.29, 0.717) is 5.56 Å². The van der Waals surface area contributed by atoms with Crippen LogP contribution in [0.4, 0.5) is 10.1 Å². The van der Waals surface area contributed by atoms with E-state index in [1.165, 1.54) is 47.4 Å². The van der Waals surface area contributed by atoms with E-state index in [2.05, 4.69) is 5.32 Å². The van der Waals surface area contributed by atoms with Crippen LogP contribution in [-0.2, 0) is 32.6 Å². The number of carbonyl (C=O) groups is 2. The van der Waals surface area contributed by atoms with E-state index >= 15 is 0 Å². The van der Waals surface area contributed by atoms with Crippen molar-refractivity contribution in [2.75, 3.05) is 17.1 Å². The average Bonchev–Trinajstić information content (AvgIpc) is 2.96. The summed E-state index contributed by atoms with van der Waals surface area (Å²) in [5.74, 6) is -1.39. The second kappa shape index (κ2) is 14.4. The van der Waals surface area contributed by atoms with Crippen LogP contribution in [0.2, 0.25) is 10.0 Å². The summed E-state index contributed by atoms with van der Waals surface area (Å²) in [6, 6.07) is 18.5. The molecule has 42 heavy (non-hydrogen) atoms. The van der Waals surface area contributed by atoms with E-state index in [4.69, 9.17) is 23.2 Å². The van der Waals surface area contributed by atoms with Gasteiger partial charge >= 0.3 is 0 Å². The first kappa shape index (κ1) is 31.8. The van der Waals surface area contributed by atoms with Crippen LogP contribution in [0, 0.1) is 5.82 Å². The number of benzene rings is 3. The molecule has 1 N–H and O–H groups in total. The van der Waals surface area contributed by atoms with Crippen molar-refractivity contribution >= 4 is 50.7 Å². The van der Waals surface area contributed by atoms with E-state index in [9.17, 15) is 22.4 Å². The summed E-state index contributed by atoms with van der Waals surface area (Å²) in [7, 11) is -4.00. The van der Waals surface area contributed by atoms with Gasteiger partial charge in [-0.1, -0.05) is 91.0 Å². The number of hydrogen-bond donors (Lipinski definition) is 1. The molecule has 3 aromatic rings. The lowest BCUT2D eigenvalue weighted by Crippen LogP contribution is -2.55. The Labute approximate surface area is 256 Å². The Kier molecular flexibility index (Phi) is 10.9. The van der Waals surface area contributed by atoms with Gasteiger partial charge in [0.25, 0.3) is 0 Å². The van der Waals surface area contributed by atoms with Crippen LogP contribution in [0.3, 0.4) is 0 Å². The van der Waals surface area contributed by atoms with Gasteiger partial charge in [-0.3, -0.25) is 13.9 Å². The quantitative estimate of drug-likeness (QED) is 0.281. The number of sulfonamides is 1. The largest absolute Gasteiger partial charge is 0.352 e. The fraction of sp³-hybridized carbons (Fsp3) is 0.355. The third kappa shape index (κ3) is 8.46. The summed E-state index contributed by atoms with van der Waals surface area (Å²) in [4.78, 5) is 29.5. The third-order valence-corrected chi connectivity index (χ3v) is 9.30. The Balaban J connectivity index is 1.73. The molecule has 0 spiro atoms. The smallest absolute Gasteiger partial charge is 0.244 e. The fourth-order valence-corrected chi connectivity index (χ4v) is 6.47. The van der Waals surface area contributed by atoms with E-state index in [0.717, 1.165) is 48.2 Å². The number of anilines is 1. The summed E-state index contributed by atoms with van der Waals surface area (Å²) in [6.07, 6.45) is 6.01. The Bertz CT molecular complexity index is 1480. The predicted molar refractivity (Wildman–Crippen MR) is 165 cm³/mol. The highest BCUT2D eigenvalue weighted by Crippen LogP contribution is 2.34. The number of carbonyl (C=O) groups excluding carboxylic acids is 2. The second-order valence-corrected chi connectivity index (χ2v) is 13.2. The standard InChI is InChI=1S/C31H34Cl2FN3O4S/c1-42(40,41)37(27-14-8-13-26(32)30(27)33)21-29(38)36(20-23-15-17-24(34)18-16-23)28(19-22-9-4-2-5-10-22)31(39)35-25-11-6-3-7-12-25/h2,4-5,8-10,13-18,25,28H,3,6-7,11-12,19-21H2,1H3,(H,35,39)/t28-/m1/s1. The van der Waals surface area contributed by atoms with E-state index in [-0.39, 0.29) is 40.6 Å². The Morgan fingerprint density at radius 1 is 0.929 bits per heavy atom. The first-order chi connectivity index (χ1) is 20.0. The van der Waals surface area contributed by atoms with Crippen molar-refractivity contribution < 1.29 is 22.4 Å². The lowest BCUT2D eigenvalue weighted by Gasteiger charge is -2.35. The zero-order valence-electron chi connectivity index (χ0n) is 23.3. The molecule has 7 nitrogen and oxygen atoms in total. The lowest BCUT2D eigenvalue weighted by molar-refractivity contribution is -0.140. The lowest BCUT2D eigenvalue weighted by atomic mass is 9.94. The maximum atomic E-state index is 14.2. The number of hydrogen-bond acceptors (Lipinski definition) is 4. The van der Waals surface area contributed by atoms with E-state index in [1.54, 1.807) is 0 Å². The minimum atomic E-state index is -4.00. The van der Waals surface area contributed by atoms with Crippen molar-refractivity contribution in [3.05, 3.63) is 99.8 Å². The molecule has 0 heterocycles. The Morgan fingerprint density at radius 3 is 2.24 bits per heavy atom. The maximum absolute atomic E-state index is 14.2. The van der Waals surface area contributed by atoms with Gasteiger partial charge in [0.2, 0.25) is 21.8 Å². The zero-order valence-corrected chi connectivity index (χ0v) is 25.6. The molecule has 11 heteroatoms. The summed E-state index contributed by atoms with van der Waals surface area (Å²) in [5, 5.41) is 3.25. The molecular weight excluding hydrogens is 600 g/mol. The SMILES string of the molecule is CS(=O)(=O)N(CC(=O)N(Cc1ccc(F)cc1)[C@H](Cc1ccccc1)C(=O)NC1CCCCC1)c1cccc(Cl)c1Cl. The fourth-order valence-electron chi connectivity index (χ4n) is 5.16. The van der Waals surface area contributed by atoms with Crippen LogP contribution in [0.25, 0.3) is 0 Å². The van der Waals surface area contributed by atoms with E-state index < -0.39 is 34.3 Å². The first-order valence-electron chi connectivity index (χ1n) is 13.8. The van der Waals surface area contributed by atoms with Gasteiger partial charge in [-0.25, -0.2) is 12.8 Å². The van der Waals surface area contributed by atoms with Crippen molar-refractivity contribution in [2.24, 2.45) is 0 Å². The van der Waals surface area contributed by atoms with Crippen molar-refractivity contribution in [1.82, 2.24) is 10.2 Å². The topological polar surface area (TPSA) is 86.8 Å². The number of halogens is 3. The monoisotopic (exact) mass is 633 g/mol. The van der Waals surface area contributed by atoms with Crippen LogP contribution < -0.4 is 9.62 Å². The van der Waals surface area contributed by atoms with Gasteiger partial charge < -0.3 is 10.2 Å². The van der Waals surface area contributed by atoms with Gasteiger partial charge in [-0.05, 0) is 48.2 Å². The van der Waals surface area contributed by atoms with Crippen molar-refractivity contribution in [2.45, 2.75) is 57.2 Å². The second-order valence-electron chi connectivity index (χ2n) is 10.5. The summed E-state index contributed by atoms with van der Waals surface area (Å²) >= 11 is 12.5. The molecule has 0 radical (unpaired) electrons. The minimum absolute atomic E-state index is 0.00918. The van der Waals surface area contributed by atoms with Gasteiger partial charge in [-0.2, -0.15) is 0 Å². The molecule has 0 bridgehead atoms. The summed E-state index contributed by atoms with van der Waals surface area (Å²) in [6.45, 7) is -0.669. The van der Waals surface area contributed by atoms with Gasteiger partial charge in [0.05, 0.1) is 22.0 Å². The van der Waals surface area contributed by atoms with Gasteiger partial charge in [-0.15, -0.1) is 0 Å². The molecule has 2 amide bonds. The van der Waals surface area contributed by atoms with Crippen molar-refractivity contribution in [3.8, 4) is 0 Å². The van der Waals surface area contributed by atoms with E-state index in [1.807, 2.05) is 30.3 Å².